The Bertz CT molecular complexity index is 582. The lowest BCUT2D eigenvalue weighted by atomic mass is 9.99. The predicted molar refractivity (Wildman–Crippen MR) is 71.5 cm³/mol. The molecule has 0 aliphatic carbocycles. The van der Waals surface area contributed by atoms with E-state index < -0.39 is 0 Å². The van der Waals surface area contributed by atoms with E-state index in [1.807, 2.05) is 0 Å². The summed E-state index contributed by atoms with van der Waals surface area (Å²) in [5.41, 5.74) is 2.10. The Hall–Kier alpha value is -1.19. The van der Waals surface area contributed by atoms with Crippen molar-refractivity contribution in [1.82, 2.24) is 0 Å². The maximum absolute atomic E-state index is 9.83. The van der Waals surface area contributed by atoms with Crippen molar-refractivity contribution in [3.63, 3.8) is 0 Å². The van der Waals surface area contributed by atoms with Crippen molar-refractivity contribution >= 4 is 27.5 Å². The van der Waals surface area contributed by atoms with Crippen LogP contribution in [0, 0.1) is 13.0 Å². The van der Waals surface area contributed by atoms with Crippen molar-refractivity contribution in [2.24, 2.45) is 0 Å². The second kappa shape index (κ2) is 4.59. The van der Waals surface area contributed by atoms with Crippen LogP contribution in [0.4, 0.5) is 0 Å². The van der Waals surface area contributed by atoms with Gasteiger partial charge in [-0.3, -0.25) is 0 Å². The first kappa shape index (κ1) is 12.3. The number of phenols is 2. The molecule has 87 valence electrons. The summed E-state index contributed by atoms with van der Waals surface area (Å²) in [5, 5.41) is 19.5. The minimum Gasteiger partial charge on any atom is -0.507 e. The van der Waals surface area contributed by atoms with E-state index in [1.54, 1.807) is 31.2 Å². The first-order valence-electron chi connectivity index (χ1n) is 4.89. The maximum atomic E-state index is 9.83. The van der Waals surface area contributed by atoms with Crippen LogP contribution in [0.5, 0.6) is 11.5 Å². The number of hydrogen-bond donors (Lipinski definition) is 2. The summed E-state index contributed by atoms with van der Waals surface area (Å²) >= 11 is 9.30. The number of rotatable bonds is 1. The zero-order valence-electron chi connectivity index (χ0n) is 8.96. The molecular weight excluding hydrogens is 303 g/mol. The molecule has 0 fully saturated rings. The third kappa shape index (κ3) is 2.26. The number of aromatic hydroxyl groups is 2. The third-order valence-corrected chi connectivity index (χ3v) is 3.50. The lowest BCUT2D eigenvalue weighted by Crippen LogP contribution is -1.86. The van der Waals surface area contributed by atoms with Gasteiger partial charge in [-0.05, 0) is 42.3 Å². The molecule has 2 N–H and O–H groups in total. The summed E-state index contributed by atoms with van der Waals surface area (Å²) in [6.45, 7) is 1.78. The van der Waals surface area contributed by atoms with Crippen molar-refractivity contribution in [2.45, 2.75) is 6.92 Å². The SMILES string of the molecule is Cc1c(-c2cc(Br)ccc2O)c[c]c(O)c1Cl. The number of benzene rings is 2. The van der Waals surface area contributed by atoms with E-state index in [2.05, 4.69) is 22.0 Å². The van der Waals surface area contributed by atoms with Crippen LogP contribution < -0.4 is 0 Å². The van der Waals surface area contributed by atoms with Gasteiger partial charge in [0.1, 0.15) is 11.5 Å². The summed E-state index contributed by atoms with van der Waals surface area (Å²) in [6, 6.07) is 9.40. The smallest absolute Gasteiger partial charge is 0.142 e. The zero-order chi connectivity index (χ0) is 12.6. The summed E-state index contributed by atoms with van der Waals surface area (Å²) < 4.78 is 0.855. The molecule has 0 spiro atoms. The molecule has 0 saturated carbocycles. The van der Waals surface area contributed by atoms with Gasteiger partial charge in [-0.15, -0.1) is 0 Å². The summed E-state index contributed by atoms with van der Waals surface area (Å²) in [6.07, 6.45) is 0. The highest BCUT2D eigenvalue weighted by Crippen LogP contribution is 2.38. The van der Waals surface area contributed by atoms with Crippen molar-refractivity contribution in [3.05, 3.63) is 45.4 Å². The maximum Gasteiger partial charge on any atom is 0.142 e. The molecule has 4 heteroatoms. The molecule has 2 aromatic carbocycles. The van der Waals surface area contributed by atoms with Gasteiger partial charge in [0.15, 0.2) is 0 Å². The lowest BCUT2D eigenvalue weighted by molar-refractivity contribution is 0.473. The second-order valence-electron chi connectivity index (χ2n) is 3.65. The van der Waals surface area contributed by atoms with Gasteiger partial charge in [0.05, 0.1) is 5.02 Å². The second-order valence-corrected chi connectivity index (χ2v) is 4.95. The van der Waals surface area contributed by atoms with E-state index in [-0.39, 0.29) is 16.5 Å². The molecule has 0 saturated heterocycles. The molecule has 0 aliphatic heterocycles. The summed E-state index contributed by atoms with van der Waals surface area (Å²) in [7, 11) is 0. The molecule has 2 nitrogen and oxygen atoms in total. The fourth-order valence-corrected chi connectivity index (χ4v) is 2.13. The highest BCUT2D eigenvalue weighted by atomic mass is 79.9. The molecule has 0 heterocycles. The number of halogens is 2. The Morgan fingerprint density at radius 3 is 2.65 bits per heavy atom. The van der Waals surface area contributed by atoms with E-state index in [0.717, 1.165) is 10.0 Å². The van der Waals surface area contributed by atoms with Crippen LogP contribution in [0.15, 0.2) is 28.7 Å². The Morgan fingerprint density at radius 1 is 1.24 bits per heavy atom. The van der Waals surface area contributed by atoms with Crippen molar-refractivity contribution in [2.75, 3.05) is 0 Å². The standard InChI is InChI=1S/C13H9BrClO2/c1-7-9(3-5-12(17)13(7)15)10-6-8(14)2-4-11(10)16/h2-4,6,16-17H,1H3. The summed E-state index contributed by atoms with van der Waals surface area (Å²) in [4.78, 5) is 0. The van der Waals surface area contributed by atoms with Gasteiger partial charge in [0.25, 0.3) is 0 Å². The molecule has 0 atom stereocenters. The van der Waals surface area contributed by atoms with Gasteiger partial charge in [-0.1, -0.05) is 27.5 Å². The highest BCUT2D eigenvalue weighted by molar-refractivity contribution is 9.10. The molecule has 2 rings (SSSR count). The highest BCUT2D eigenvalue weighted by Gasteiger charge is 2.12. The zero-order valence-corrected chi connectivity index (χ0v) is 11.3. The third-order valence-electron chi connectivity index (χ3n) is 2.54. The van der Waals surface area contributed by atoms with Gasteiger partial charge in [0, 0.05) is 16.1 Å². The van der Waals surface area contributed by atoms with Crippen molar-refractivity contribution < 1.29 is 10.2 Å². The Kier molecular flexibility index (Phi) is 3.31. The van der Waals surface area contributed by atoms with Crippen LogP contribution in [-0.2, 0) is 0 Å². The lowest BCUT2D eigenvalue weighted by Gasteiger charge is -2.10. The fourth-order valence-electron chi connectivity index (χ4n) is 1.61. The molecule has 17 heavy (non-hydrogen) atoms. The van der Waals surface area contributed by atoms with E-state index in [0.29, 0.717) is 11.1 Å². The topological polar surface area (TPSA) is 40.5 Å². The van der Waals surface area contributed by atoms with Gasteiger partial charge in [-0.25, -0.2) is 0 Å². The van der Waals surface area contributed by atoms with E-state index in [9.17, 15) is 10.2 Å². The molecule has 0 bridgehead atoms. The molecule has 2 aromatic rings. The minimum atomic E-state index is -0.0811. The fraction of sp³-hybridized carbons (Fsp3) is 0.0769. The molecular formula is C13H9BrClO2. The van der Waals surface area contributed by atoms with Crippen LogP contribution in [0.2, 0.25) is 5.02 Å². The molecule has 0 aliphatic rings. The molecule has 0 amide bonds. The van der Waals surface area contributed by atoms with Crippen LogP contribution in [0.3, 0.4) is 0 Å². The number of phenolic OH excluding ortho intramolecular Hbond substituents is 2. The van der Waals surface area contributed by atoms with Crippen molar-refractivity contribution in [1.29, 1.82) is 0 Å². The van der Waals surface area contributed by atoms with E-state index >= 15 is 0 Å². The van der Waals surface area contributed by atoms with Crippen LogP contribution >= 0.6 is 27.5 Å². The van der Waals surface area contributed by atoms with Crippen LogP contribution in [-0.4, -0.2) is 10.2 Å². The average Bonchev–Trinajstić information content (AvgIpc) is 2.30. The summed E-state index contributed by atoms with van der Waals surface area (Å²) in [5.74, 6) is 0.0776. The minimum absolute atomic E-state index is 0.0811. The van der Waals surface area contributed by atoms with Gasteiger partial charge in [-0.2, -0.15) is 0 Å². The molecule has 1 radical (unpaired) electrons. The quantitative estimate of drug-likeness (QED) is 0.824. The monoisotopic (exact) mass is 311 g/mol. The van der Waals surface area contributed by atoms with Gasteiger partial charge < -0.3 is 10.2 Å². The average molecular weight is 313 g/mol. The van der Waals surface area contributed by atoms with Gasteiger partial charge in [0.2, 0.25) is 0 Å². The first-order valence-corrected chi connectivity index (χ1v) is 6.06. The van der Waals surface area contributed by atoms with Crippen LogP contribution in [0.1, 0.15) is 5.56 Å². The molecule has 0 unspecified atom stereocenters. The van der Waals surface area contributed by atoms with Crippen molar-refractivity contribution in [3.8, 4) is 22.6 Å². The number of hydrogen-bond acceptors (Lipinski definition) is 2. The first-order chi connectivity index (χ1) is 8.00. The van der Waals surface area contributed by atoms with Crippen LogP contribution in [0.25, 0.3) is 11.1 Å². The predicted octanol–water partition coefficient (Wildman–Crippen LogP) is 4.29. The largest absolute Gasteiger partial charge is 0.507 e. The van der Waals surface area contributed by atoms with Gasteiger partial charge >= 0.3 is 0 Å². The molecule has 0 aromatic heterocycles. The van der Waals surface area contributed by atoms with E-state index in [1.165, 1.54) is 0 Å². The Labute approximate surface area is 113 Å². The Morgan fingerprint density at radius 2 is 1.94 bits per heavy atom. The Balaban J connectivity index is 2.69. The van der Waals surface area contributed by atoms with E-state index in [4.69, 9.17) is 11.6 Å². The normalized spacial score (nSPS) is 10.5.